The minimum absolute atomic E-state index is 0.0156. The highest BCUT2D eigenvalue weighted by Gasteiger charge is 2.14. The van der Waals surface area contributed by atoms with Gasteiger partial charge in [0.25, 0.3) is 5.70 Å². The molecular weight excluding hydrogens is 276 g/mol. The molecule has 4 heteroatoms. The number of nitrogens with zero attached hydrogens (tertiary/aromatic N) is 2. The van der Waals surface area contributed by atoms with Crippen molar-refractivity contribution in [3.05, 3.63) is 71.4 Å². The van der Waals surface area contributed by atoms with Crippen LogP contribution in [0.15, 0.2) is 54.4 Å². The first kappa shape index (κ1) is 15.6. The molecule has 0 saturated carbocycles. The average Bonchev–Trinajstić information content (AvgIpc) is 2.55. The Balaban J connectivity index is 2.37. The monoisotopic (exact) mass is 294 g/mol. The van der Waals surface area contributed by atoms with Gasteiger partial charge >= 0.3 is 5.97 Å². The Bertz CT molecular complexity index is 693. The number of carbonyl (C=O) groups excluding carboxylic acids is 1. The van der Waals surface area contributed by atoms with Crippen LogP contribution in [0, 0.1) is 6.57 Å². The maximum Gasteiger partial charge on any atom is 0.336 e. The number of esters is 1. The second-order valence-electron chi connectivity index (χ2n) is 4.63. The van der Waals surface area contributed by atoms with Gasteiger partial charge in [-0.1, -0.05) is 24.3 Å². The number of benzene rings is 1. The predicted molar refractivity (Wildman–Crippen MR) is 87.9 cm³/mol. The van der Waals surface area contributed by atoms with E-state index in [1.54, 1.807) is 13.0 Å². The molecule has 0 N–H and O–H groups in total. The first-order chi connectivity index (χ1) is 10.7. The molecule has 0 fully saturated rings. The molecule has 2 rings (SSSR count). The van der Waals surface area contributed by atoms with Gasteiger partial charge in [0.2, 0.25) is 0 Å². The maximum absolute atomic E-state index is 11.6. The molecule has 0 aliphatic carbocycles. The van der Waals surface area contributed by atoms with Gasteiger partial charge in [-0.3, -0.25) is 4.79 Å². The Hall–Kier alpha value is -2.80. The fourth-order valence-corrected chi connectivity index (χ4v) is 2.25. The van der Waals surface area contributed by atoms with Gasteiger partial charge in [-0.2, -0.15) is 0 Å². The van der Waals surface area contributed by atoms with Crippen molar-refractivity contribution in [2.45, 2.75) is 13.8 Å². The van der Waals surface area contributed by atoms with Crippen LogP contribution in [-0.4, -0.2) is 19.1 Å². The number of hydrogen-bond donors (Lipinski definition) is 0. The molecule has 112 valence electrons. The van der Waals surface area contributed by atoms with E-state index in [9.17, 15) is 4.79 Å². The van der Waals surface area contributed by atoms with Crippen molar-refractivity contribution in [1.29, 1.82) is 0 Å². The van der Waals surface area contributed by atoms with Crippen LogP contribution in [0.25, 0.3) is 10.4 Å². The first-order valence-electron chi connectivity index (χ1n) is 7.22. The van der Waals surface area contributed by atoms with E-state index in [0.29, 0.717) is 0 Å². The van der Waals surface area contributed by atoms with Crippen LogP contribution in [0.3, 0.4) is 0 Å². The summed E-state index contributed by atoms with van der Waals surface area (Å²) in [5, 5.41) is 0. The zero-order valence-corrected chi connectivity index (χ0v) is 12.7. The lowest BCUT2D eigenvalue weighted by Crippen LogP contribution is -2.18. The van der Waals surface area contributed by atoms with Crippen LogP contribution >= 0.6 is 0 Å². The van der Waals surface area contributed by atoms with E-state index in [1.807, 2.05) is 30.5 Å². The molecule has 22 heavy (non-hydrogen) atoms. The Morgan fingerprint density at radius 2 is 2.14 bits per heavy atom. The third-order valence-corrected chi connectivity index (χ3v) is 3.32. The van der Waals surface area contributed by atoms with Gasteiger partial charge in [-0.15, -0.1) is 0 Å². The molecule has 0 unspecified atom stereocenters. The van der Waals surface area contributed by atoms with Crippen LogP contribution < -0.4 is 4.90 Å². The summed E-state index contributed by atoms with van der Waals surface area (Å²) < 4.78 is 4.86. The van der Waals surface area contributed by atoms with E-state index in [1.165, 1.54) is 6.08 Å². The molecule has 1 aliphatic rings. The van der Waals surface area contributed by atoms with Crippen LogP contribution in [0.4, 0.5) is 5.69 Å². The smallest absolute Gasteiger partial charge is 0.336 e. The van der Waals surface area contributed by atoms with Gasteiger partial charge in [0.1, 0.15) is 0 Å². The zero-order valence-electron chi connectivity index (χ0n) is 12.7. The summed E-state index contributed by atoms with van der Waals surface area (Å²) in [6.45, 7) is 12.0. The average molecular weight is 294 g/mol. The molecular formula is C18H18N2O2. The second-order valence-corrected chi connectivity index (χ2v) is 4.63. The highest BCUT2D eigenvalue weighted by molar-refractivity contribution is 5.92. The molecule has 0 radical (unpaired) electrons. The molecule has 1 aromatic rings. The van der Waals surface area contributed by atoms with Gasteiger partial charge in [-0.25, -0.2) is 4.85 Å². The van der Waals surface area contributed by atoms with E-state index in [2.05, 4.69) is 22.7 Å². The summed E-state index contributed by atoms with van der Waals surface area (Å²) in [5.41, 5.74) is 3.15. The van der Waals surface area contributed by atoms with Crippen molar-refractivity contribution in [3.8, 4) is 0 Å². The SMILES string of the molecule is [C-]#[N+]C(=CC=C1C=CN(CC)c2ccccc21)C(=O)OCC. The molecule has 0 saturated heterocycles. The number of ether oxygens (including phenoxy) is 1. The summed E-state index contributed by atoms with van der Waals surface area (Å²) in [5.74, 6) is -0.586. The zero-order chi connectivity index (χ0) is 15.9. The van der Waals surface area contributed by atoms with Gasteiger partial charge in [0.15, 0.2) is 0 Å². The van der Waals surface area contributed by atoms with Crippen LogP contribution in [0.5, 0.6) is 0 Å². The topological polar surface area (TPSA) is 33.9 Å². The third-order valence-electron chi connectivity index (χ3n) is 3.32. The Kier molecular flexibility index (Phi) is 5.16. The normalized spacial score (nSPS) is 15.4. The van der Waals surface area contributed by atoms with Crippen molar-refractivity contribution in [1.82, 2.24) is 0 Å². The van der Waals surface area contributed by atoms with Crippen LogP contribution in [-0.2, 0) is 9.53 Å². The number of carbonyl (C=O) groups is 1. The van der Waals surface area contributed by atoms with Crippen molar-refractivity contribution in [2.75, 3.05) is 18.1 Å². The van der Waals surface area contributed by atoms with E-state index >= 15 is 0 Å². The number of rotatable bonds is 4. The summed E-state index contributed by atoms with van der Waals surface area (Å²) in [7, 11) is 0. The quantitative estimate of drug-likeness (QED) is 0.481. The minimum atomic E-state index is -0.586. The number of hydrogen-bond acceptors (Lipinski definition) is 3. The highest BCUT2D eigenvalue weighted by Crippen LogP contribution is 2.32. The van der Waals surface area contributed by atoms with E-state index in [-0.39, 0.29) is 12.3 Å². The largest absolute Gasteiger partial charge is 0.471 e. The fourth-order valence-electron chi connectivity index (χ4n) is 2.25. The summed E-state index contributed by atoms with van der Waals surface area (Å²) in [6, 6.07) is 8.06. The standard InChI is InChI=1S/C18H18N2O2/c1-4-20-13-12-14(15-8-6-7-9-17(15)20)10-11-16(19-3)18(21)22-5-2/h6-13H,4-5H2,1-2H3. The van der Waals surface area contributed by atoms with Crippen molar-refractivity contribution in [2.24, 2.45) is 0 Å². The molecule has 1 aromatic carbocycles. The van der Waals surface area contributed by atoms with Gasteiger partial charge in [0, 0.05) is 24.0 Å². The maximum atomic E-state index is 11.6. The van der Waals surface area contributed by atoms with Gasteiger partial charge < -0.3 is 9.64 Å². The van der Waals surface area contributed by atoms with Crippen molar-refractivity contribution < 1.29 is 9.53 Å². The molecule has 1 aliphatic heterocycles. The van der Waals surface area contributed by atoms with Crippen molar-refractivity contribution >= 4 is 17.2 Å². The van der Waals surface area contributed by atoms with E-state index < -0.39 is 5.97 Å². The predicted octanol–water partition coefficient (Wildman–Crippen LogP) is 3.79. The van der Waals surface area contributed by atoms with E-state index in [0.717, 1.165) is 23.4 Å². The Morgan fingerprint density at radius 1 is 1.36 bits per heavy atom. The van der Waals surface area contributed by atoms with Crippen LogP contribution in [0.2, 0.25) is 0 Å². The first-order valence-corrected chi connectivity index (χ1v) is 7.22. The number of anilines is 1. The summed E-state index contributed by atoms with van der Waals surface area (Å²) >= 11 is 0. The molecule has 0 atom stereocenters. The van der Waals surface area contributed by atoms with Gasteiger partial charge in [-0.05, 0) is 37.6 Å². The number of fused-ring (bicyclic) bond motifs is 1. The van der Waals surface area contributed by atoms with E-state index in [4.69, 9.17) is 11.3 Å². The Labute approximate surface area is 130 Å². The Morgan fingerprint density at radius 3 is 2.82 bits per heavy atom. The van der Waals surface area contributed by atoms with Gasteiger partial charge in [0.05, 0.1) is 13.2 Å². The molecule has 4 nitrogen and oxygen atoms in total. The minimum Gasteiger partial charge on any atom is -0.471 e. The lowest BCUT2D eigenvalue weighted by molar-refractivity contribution is -0.138. The third kappa shape index (κ3) is 3.26. The summed E-state index contributed by atoms with van der Waals surface area (Å²) in [4.78, 5) is 17.0. The van der Waals surface area contributed by atoms with Crippen molar-refractivity contribution in [3.63, 3.8) is 0 Å². The number of para-hydroxylation sites is 1. The highest BCUT2D eigenvalue weighted by atomic mass is 16.5. The lowest BCUT2D eigenvalue weighted by Gasteiger charge is -2.26. The summed E-state index contributed by atoms with van der Waals surface area (Å²) in [6.07, 6.45) is 7.29. The fraction of sp³-hybridized carbons (Fsp3) is 0.222. The molecule has 0 amide bonds. The number of allylic oxidation sites excluding steroid dienone is 4. The van der Waals surface area contributed by atoms with Crippen LogP contribution in [0.1, 0.15) is 19.4 Å². The molecule has 0 aromatic heterocycles. The molecule has 1 heterocycles. The lowest BCUT2D eigenvalue weighted by atomic mass is 9.99. The molecule has 0 bridgehead atoms. The molecule has 0 spiro atoms. The second kappa shape index (κ2) is 7.28.